The molecular weight excluding hydrogens is 292 g/mol. The number of aryl methyl sites for hydroxylation is 1. The van der Waals surface area contributed by atoms with E-state index in [4.69, 9.17) is 9.15 Å². The van der Waals surface area contributed by atoms with Crippen molar-refractivity contribution in [1.82, 2.24) is 10.2 Å². The number of hydrogen-bond acceptors (Lipinski definition) is 4. The molecule has 1 spiro atoms. The van der Waals surface area contributed by atoms with E-state index in [-0.39, 0.29) is 23.5 Å². The highest BCUT2D eigenvalue weighted by Gasteiger charge is 2.43. The molecular formula is C18H28N2O3. The zero-order valence-corrected chi connectivity index (χ0v) is 14.4. The van der Waals surface area contributed by atoms with Crippen molar-refractivity contribution >= 4 is 5.91 Å². The lowest BCUT2D eigenvalue weighted by atomic mass is 9.87. The summed E-state index contributed by atoms with van der Waals surface area (Å²) in [5.41, 5.74) is -0.0372. The average Bonchev–Trinajstić information content (AvgIpc) is 3.09. The van der Waals surface area contributed by atoms with Crippen LogP contribution in [0.15, 0.2) is 16.5 Å². The van der Waals surface area contributed by atoms with Crippen molar-refractivity contribution in [3.63, 3.8) is 0 Å². The Balaban J connectivity index is 1.48. The molecule has 1 atom stereocenters. The first-order chi connectivity index (χ1) is 11.0. The second-order valence-electron chi connectivity index (χ2n) is 7.35. The van der Waals surface area contributed by atoms with Gasteiger partial charge in [-0.25, -0.2) is 0 Å². The molecule has 23 heavy (non-hydrogen) atoms. The summed E-state index contributed by atoms with van der Waals surface area (Å²) in [4.78, 5) is 14.3. The third kappa shape index (κ3) is 3.96. The van der Waals surface area contributed by atoms with Gasteiger partial charge in [0.05, 0.1) is 24.8 Å². The van der Waals surface area contributed by atoms with Gasteiger partial charge in [-0.3, -0.25) is 9.69 Å². The molecule has 2 fully saturated rings. The molecule has 1 aromatic heterocycles. The van der Waals surface area contributed by atoms with Gasteiger partial charge in [0.15, 0.2) is 0 Å². The van der Waals surface area contributed by atoms with Crippen LogP contribution >= 0.6 is 0 Å². The minimum Gasteiger partial charge on any atom is -0.465 e. The van der Waals surface area contributed by atoms with Crippen molar-refractivity contribution in [3.05, 3.63) is 23.7 Å². The van der Waals surface area contributed by atoms with Crippen LogP contribution in [0.25, 0.3) is 0 Å². The maximum atomic E-state index is 11.8. The van der Waals surface area contributed by atoms with E-state index in [1.807, 2.05) is 26.8 Å². The molecule has 3 heterocycles. The van der Waals surface area contributed by atoms with Gasteiger partial charge in [0.2, 0.25) is 5.91 Å². The van der Waals surface area contributed by atoms with Gasteiger partial charge >= 0.3 is 0 Å². The fourth-order valence-corrected chi connectivity index (χ4v) is 3.56. The summed E-state index contributed by atoms with van der Waals surface area (Å²) in [6.07, 6.45) is 3.00. The van der Waals surface area contributed by atoms with E-state index >= 15 is 0 Å². The molecule has 0 unspecified atom stereocenters. The van der Waals surface area contributed by atoms with E-state index < -0.39 is 0 Å². The number of nitrogens with one attached hydrogen (secondary N) is 1. The number of carbonyl (C=O) groups is 1. The highest BCUT2D eigenvalue weighted by molar-refractivity contribution is 5.78. The number of hydrogen-bond donors (Lipinski definition) is 1. The van der Waals surface area contributed by atoms with Crippen LogP contribution in [0.5, 0.6) is 0 Å². The Morgan fingerprint density at radius 2 is 2.13 bits per heavy atom. The van der Waals surface area contributed by atoms with Gasteiger partial charge in [0, 0.05) is 19.0 Å². The lowest BCUT2D eigenvalue weighted by Gasteiger charge is -2.38. The van der Waals surface area contributed by atoms with Crippen LogP contribution < -0.4 is 5.32 Å². The van der Waals surface area contributed by atoms with Crippen LogP contribution in [0, 0.1) is 12.8 Å². The van der Waals surface area contributed by atoms with Crippen molar-refractivity contribution in [2.75, 3.05) is 19.7 Å². The lowest BCUT2D eigenvalue weighted by Crippen LogP contribution is -2.45. The smallest absolute Gasteiger partial charge is 0.222 e. The molecule has 0 radical (unpaired) electrons. The summed E-state index contributed by atoms with van der Waals surface area (Å²) < 4.78 is 11.8. The third-order valence-corrected chi connectivity index (χ3v) is 5.02. The molecule has 0 saturated carbocycles. The Bertz CT molecular complexity index is 544. The minimum absolute atomic E-state index is 0.0325. The first kappa shape index (κ1) is 16.5. The highest BCUT2D eigenvalue weighted by atomic mass is 16.5. The SMILES string of the molecule is Cc1ccc(CN2CCC3(CC2)C[C@H](NC(=O)C(C)C)CO3)o1. The summed E-state index contributed by atoms with van der Waals surface area (Å²) in [6.45, 7) is 9.39. The van der Waals surface area contributed by atoms with Crippen LogP contribution in [0.4, 0.5) is 0 Å². The molecule has 0 aromatic carbocycles. The van der Waals surface area contributed by atoms with Crippen LogP contribution in [0.1, 0.15) is 44.6 Å². The van der Waals surface area contributed by atoms with Gasteiger partial charge in [-0.15, -0.1) is 0 Å². The van der Waals surface area contributed by atoms with E-state index in [1.54, 1.807) is 0 Å². The third-order valence-electron chi connectivity index (χ3n) is 5.02. The normalized spacial score (nSPS) is 24.4. The summed E-state index contributed by atoms with van der Waals surface area (Å²) in [5, 5.41) is 3.11. The largest absolute Gasteiger partial charge is 0.465 e. The van der Waals surface area contributed by atoms with E-state index in [0.717, 1.165) is 50.4 Å². The van der Waals surface area contributed by atoms with E-state index in [2.05, 4.69) is 16.3 Å². The maximum Gasteiger partial charge on any atom is 0.222 e. The molecule has 5 heteroatoms. The Kier molecular flexibility index (Phi) is 4.78. The van der Waals surface area contributed by atoms with Crippen molar-refractivity contribution in [3.8, 4) is 0 Å². The topological polar surface area (TPSA) is 54.7 Å². The number of carbonyl (C=O) groups excluding carboxylic acids is 1. The number of nitrogens with zero attached hydrogens (tertiary/aromatic N) is 1. The predicted molar refractivity (Wildman–Crippen MR) is 88.0 cm³/mol. The number of rotatable bonds is 4. The van der Waals surface area contributed by atoms with Crippen LogP contribution in [0.3, 0.4) is 0 Å². The molecule has 0 aliphatic carbocycles. The van der Waals surface area contributed by atoms with E-state index in [0.29, 0.717) is 6.61 Å². The molecule has 0 bridgehead atoms. The summed E-state index contributed by atoms with van der Waals surface area (Å²) >= 11 is 0. The van der Waals surface area contributed by atoms with Gasteiger partial charge in [-0.2, -0.15) is 0 Å². The summed E-state index contributed by atoms with van der Waals surface area (Å²) in [6, 6.07) is 4.25. The predicted octanol–water partition coefficient (Wildman–Crippen LogP) is 2.48. The number of ether oxygens (including phenoxy) is 1. The average molecular weight is 320 g/mol. The molecule has 1 aromatic rings. The van der Waals surface area contributed by atoms with Crippen molar-refractivity contribution < 1.29 is 13.9 Å². The van der Waals surface area contributed by atoms with Gasteiger partial charge in [-0.1, -0.05) is 13.8 Å². The highest BCUT2D eigenvalue weighted by Crippen LogP contribution is 2.36. The van der Waals surface area contributed by atoms with Crippen LogP contribution in [-0.2, 0) is 16.1 Å². The van der Waals surface area contributed by atoms with Gasteiger partial charge < -0.3 is 14.5 Å². The molecule has 1 N–H and O–H groups in total. The molecule has 2 saturated heterocycles. The first-order valence-corrected chi connectivity index (χ1v) is 8.68. The van der Waals surface area contributed by atoms with E-state index in [1.165, 1.54) is 0 Å². The zero-order valence-electron chi connectivity index (χ0n) is 14.4. The van der Waals surface area contributed by atoms with E-state index in [9.17, 15) is 4.79 Å². The number of furan rings is 1. The van der Waals surface area contributed by atoms with Crippen LogP contribution in [0.2, 0.25) is 0 Å². The Morgan fingerprint density at radius 3 is 2.74 bits per heavy atom. The number of amides is 1. The molecule has 2 aliphatic rings. The first-order valence-electron chi connectivity index (χ1n) is 8.68. The van der Waals surface area contributed by atoms with Gasteiger partial charge in [-0.05, 0) is 38.3 Å². The quantitative estimate of drug-likeness (QED) is 0.926. The lowest BCUT2D eigenvalue weighted by molar-refractivity contribution is -0.124. The Hall–Kier alpha value is -1.33. The second-order valence-corrected chi connectivity index (χ2v) is 7.35. The molecule has 2 aliphatic heterocycles. The van der Waals surface area contributed by atoms with Crippen molar-refractivity contribution in [2.24, 2.45) is 5.92 Å². The molecule has 1 amide bonds. The Morgan fingerprint density at radius 1 is 1.39 bits per heavy atom. The molecule has 5 nitrogen and oxygen atoms in total. The van der Waals surface area contributed by atoms with Gasteiger partial charge in [0.1, 0.15) is 11.5 Å². The second kappa shape index (κ2) is 6.65. The van der Waals surface area contributed by atoms with Gasteiger partial charge in [0.25, 0.3) is 0 Å². The minimum atomic E-state index is -0.0372. The fourth-order valence-electron chi connectivity index (χ4n) is 3.56. The maximum absolute atomic E-state index is 11.8. The van der Waals surface area contributed by atoms with Crippen molar-refractivity contribution in [1.29, 1.82) is 0 Å². The summed E-state index contributed by atoms with van der Waals surface area (Å²) in [7, 11) is 0. The van der Waals surface area contributed by atoms with Crippen LogP contribution in [-0.4, -0.2) is 42.1 Å². The number of likely N-dealkylation sites (tertiary alicyclic amines) is 1. The fraction of sp³-hybridized carbons (Fsp3) is 0.722. The zero-order chi connectivity index (χ0) is 16.4. The molecule has 128 valence electrons. The Labute approximate surface area is 138 Å². The monoisotopic (exact) mass is 320 g/mol. The van der Waals surface area contributed by atoms with Crippen molar-refractivity contribution in [2.45, 2.75) is 58.2 Å². The summed E-state index contributed by atoms with van der Waals surface area (Å²) in [5.74, 6) is 2.16. The standard InChI is InChI=1S/C18H28N2O3/c1-13(2)17(21)19-15-10-18(22-12-15)6-8-20(9-7-18)11-16-5-4-14(3)23-16/h4-5,13,15H,6-12H2,1-3H3,(H,19,21)/t15-/m0/s1. The number of piperidine rings is 1. The molecule has 3 rings (SSSR count).